The molecule has 3 heterocycles. The Balaban J connectivity index is 1.69. The standard InChI is InChI=1S/C15H16FN7O/c1-9(11-4-3-10(16)8-18-11)19-15-17-6-5-12(21-15)20-13-7-14(24-2)23-22-13/h3-9H,1-2H3,(H3,17,19,20,21,22,23)/t9-/m0/s1. The van der Waals surface area contributed by atoms with Gasteiger partial charge >= 0.3 is 0 Å². The molecular weight excluding hydrogens is 313 g/mol. The van der Waals surface area contributed by atoms with Gasteiger partial charge in [0, 0.05) is 12.3 Å². The number of H-pyrrole nitrogens is 1. The Bertz CT molecular complexity index is 806. The van der Waals surface area contributed by atoms with E-state index >= 15 is 0 Å². The molecule has 24 heavy (non-hydrogen) atoms. The number of nitrogens with one attached hydrogen (secondary N) is 3. The fourth-order valence-electron chi connectivity index (χ4n) is 2.02. The zero-order valence-corrected chi connectivity index (χ0v) is 13.1. The highest BCUT2D eigenvalue weighted by atomic mass is 19.1. The molecule has 3 rings (SSSR count). The van der Waals surface area contributed by atoms with E-state index in [1.54, 1.807) is 24.4 Å². The van der Waals surface area contributed by atoms with Crippen LogP contribution in [0.3, 0.4) is 0 Å². The molecule has 0 amide bonds. The van der Waals surface area contributed by atoms with E-state index in [4.69, 9.17) is 4.74 Å². The number of halogens is 1. The number of anilines is 3. The third kappa shape index (κ3) is 3.75. The van der Waals surface area contributed by atoms with Gasteiger partial charge in [0.05, 0.1) is 25.0 Å². The van der Waals surface area contributed by atoms with Crippen LogP contribution in [0.15, 0.2) is 36.7 Å². The first-order valence-electron chi connectivity index (χ1n) is 7.21. The van der Waals surface area contributed by atoms with Crippen molar-refractivity contribution in [3.8, 4) is 5.88 Å². The predicted octanol–water partition coefficient (Wildman–Crippen LogP) is 2.66. The summed E-state index contributed by atoms with van der Waals surface area (Å²) in [7, 11) is 1.54. The van der Waals surface area contributed by atoms with Crippen molar-refractivity contribution in [2.45, 2.75) is 13.0 Å². The minimum atomic E-state index is -0.372. The lowest BCUT2D eigenvalue weighted by molar-refractivity contribution is 0.397. The van der Waals surface area contributed by atoms with Crippen molar-refractivity contribution >= 4 is 17.6 Å². The molecule has 3 aromatic rings. The topological polar surface area (TPSA) is 101 Å². The molecule has 124 valence electrons. The van der Waals surface area contributed by atoms with Crippen LogP contribution in [0.2, 0.25) is 0 Å². The van der Waals surface area contributed by atoms with Gasteiger partial charge < -0.3 is 15.4 Å². The minimum absolute atomic E-state index is 0.173. The van der Waals surface area contributed by atoms with E-state index in [1.165, 1.54) is 19.4 Å². The second kappa shape index (κ2) is 6.90. The van der Waals surface area contributed by atoms with Gasteiger partial charge in [0.25, 0.3) is 0 Å². The van der Waals surface area contributed by atoms with Crippen molar-refractivity contribution in [3.05, 3.63) is 48.2 Å². The molecule has 9 heteroatoms. The number of nitrogens with zero attached hydrogens (tertiary/aromatic N) is 4. The van der Waals surface area contributed by atoms with E-state index in [0.29, 0.717) is 29.2 Å². The van der Waals surface area contributed by atoms with E-state index in [0.717, 1.165) is 0 Å². The lowest BCUT2D eigenvalue weighted by atomic mass is 10.2. The molecule has 0 aliphatic carbocycles. The van der Waals surface area contributed by atoms with Crippen LogP contribution in [0.1, 0.15) is 18.7 Å². The summed E-state index contributed by atoms with van der Waals surface area (Å²) >= 11 is 0. The van der Waals surface area contributed by atoms with Gasteiger partial charge in [0.15, 0.2) is 0 Å². The number of pyridine rings is 1. The molecule has 0 saturated carbocycles. The Labute approximate surface area is 137 Å². The van der Waals surface area contributed by atoms with E-state index < -0.39 is 0 Å². The highest BCUT2D eigenvalue weighted by molar-refractivity contribution is 5.53. The van der Waals surface area contributed by atoms with Crippen molar-refractivity contribution in [3.63, 3.8) is 0 Å². The molecule has 0 aliphatic heterocycles. The summed E-state index contributed by atoms with van der Waals surface area (Å²) in [5.41, 5.74) is 0.691. The van der Waals surface area contributed by atoms with Crippen LogP contribution < -0.4 is 15.4 Å². The average molecular weight is 329 g/mol. The maximum atomic E-state index is 12.9. The lowest BCUT2D eigenvalue weighted by Gasteiger charge is -2.13. The summed E-state index contributed by atoms with van der Waals surface area (Å²) in [4.78, 5) is 12.6. The monoisotopic (exact) mass is 329 g/mol. The molecular formula is C15H16FN7O. The third-order valence-corrected chi connectivity index (χ3v) is 3.22. The minimum Gasteiger partial charge on any atom is -0.480 e. The van der Waals surface area contributed by atoms with Crippen molar-refractivity contribution in [2.24, 2.45) is 0 Å². The Morgan fingerprint density at radius 3 is 2.83 bits per heavy atom. The van der Waals surface area contributed by atoms with Crippen molar-refractivity contribution in [2.75, 3.05) is 17.7 Å². The van der Waals surface area contributed by atoms with Gasteiger partial charge in [0.1, 0.15) is 17.5 Å². The van der Waals surface area contributed by atoms with Crippen LogP contribution in [0.25, 0.3) is 0 Å². The summed E-state index contributed by atoms with van der Waals surface area (Å²) in [5, 5.41) is 12.9. The number of methoxy groups -OCH3 is 1. The van der Waals surface area contributed by atoms with Crippen molar-refractivity contribution in [1.29, 1.82) is 0 Å². The Morgan fingerprint density at radius 2 is 2.12 bits per heavy atom. The van der Waals surface area contributed by atoms with Crippen LogP contribution in [-0.2, 0) is 0 Å². The van der Waals surface area contributed by atoms with Crippen LogP contribution in [0.5, 0.6) is 5.88 Å². The third-order valence-electron chi connectivity index (χ3n) is 3.22. The molecule has 0 aromatic carbocycles. The number of hydrogen-bond acceptors (Lipinski definition) is 7. The molecule has 0 saturated heterocycles. The van der Waals surface area contributed by atoms with E-state index in [-0.39, 0.29) is 11.9 Å². The molecule has 8 nitrogen and oxygen atoms in total. The first-order chi connectivity index (χ1) is 11.6. The Morgan fingerprint density at radius 1 is 1.25 bits per heavy atom. The van der Waals surface area contributed by atoms with Crippen LogP contribution in [0.4, 0.5) is 22.0 Å². The van der Waals surface area contributed by atoms with Crippen molar-refractivity contribution in [1.82, 2.24) is 25.1 Å². The summed E-state index contributed by atoms with van der Waals surface area (Å²) < 4.78 is 17.9. The summed E-state index contributed by atoms with van der Waals surface area (Å²) in [6, 6.07) is 6.24. The molecule has 3 N–H and O–H groups in total. The first-order valence-corrected chi connectivity index (χ1v) is 7.21. The molecule has 0 fully saturated rings. The van der Waals surface area contributed by atoms with Gasteiger partial charge in [-0.05, 0) is 25.1 Å². The van der Waals surface area contributed by atoms with Gasteiger partial charge in [-0.2, -0.15) is 4.98 Å². The summed E-state index contributed by atoms with van der Waals surface area (Å²) in [6.07, 6.45) is 2.80. The zero-order valence-electron chi connectivity index (χ0n) is 13.1. The second-order valence-corrected chi connectivity index (χ2v) is 4.98. The number of rotatable bonds is 6. The van der Waals surface area contributed by atoms with Gasteiger partial charge in [-0.3, -0.25) is 10.1 Å². The maximum absolute atomic E-state index is 12.9. The number of hydrogen-bond donors (Lipinski definition) is 3. The van der Waals surface area contributed by atoms with Gasteiger partial charge in [0.2, 0.25) is 11.8 Å². The van der Waals surface area contributed by atoms with Gasteiger partial charge in [-0.25, -0.2) is 9.37 Å². The zero-order chi connectivity index (χ0) is 16.9. The number of ether oxygens (including phenoxy) is 1. The number of aromatic nitrogens is 5. The first kappa shape index (κ1) is 15.7. The molecule has 0 aliphatic rings. The summed E-state index contributed by atoms with van der Waals surface area (Å²) in [6.45, 7) is 1.89. The molecule has 0 unspecified atom stereocenters. The molecule has 1 atom stereocenters. The van der Waals surface area contributed by atoms with Crippen LogP contribution in [0, 0.1) is 5.82 Å². The second-order valence-electron chi connectivity index (χ2n) is 4.98. The quantitative estimate of drug-likeness (QED) is 0.639. The molecule has 3 aromatic heterocycles. The smallest absolute Gasteiger partial charge is 0.234 e. The van der Waals surface area contributed by atoms with Crippen LogP contribution >= 0.6 is 0 Å². The average Bonchev–Trinajstić information content (AvgIpc) is 3.03. The van der Waals surface area contributed by atoms with Crippen LogP contribution in [-0.4, -0.2) is 32.3 Å². The molecule has 0 spiro atoms. The fourth-order valence-corrected chi connectivity index (χ4v) is 2.02. The highest BCUT2D eigenvalue weighted by Crippen LogP contribution is 2.19. The Kier molecular flexibility index (Phi) is 4.50. The largest absolute Gasteiger partial charge is 0.480 e. The maximum Gasteiger partial charge on any atom is 0.234 e. The van der Waals surface area contributed by atoms with Gasteiger partial charge in [-0.1, -0.05) is 0 Å². The Hall–Kier alpha value is -3.23. The fraction of sp³-hybridized carbons (Fsp3) is 0.200. The molecule has 0 bridgehead atoms. The van der Waals surface area contributed by atoms with E-state index in [1.807, 2.05) is 6.92 Å². The normalized spacial score (nSPS) is 11.8. The number of aromatic amines is 1. The lowest BCUT2D eigenvalue weighted by Crippen LogP contribution is -2.11. The molecule has 0 radical (unpaired) electrons. The predicted molar refractivity (Wildman–Crippen MR) is 86.7 cm³/mol. The van der Waals surface area contributed by atoms with E-state index in [9.17, 15) is 4.39 Å². The summed E-state index contributed by atoms with van der Waals surface area (Å²) in [5.74, 6) is 1.75. The van der Waals surface area contributed by atoms with Crippen molar-refractivity contribution < 1.29 is 9.13 Å². The highest BCUT2D eigenvalue weighted by Gasteiger charge is 2.09. The van der Waals surface area contributed by atoms with E-state index in [2.05, 4.69) is 35.8 Å². The van der Waals surface area contributed by atoms with Gasteiger partial charge in [-0.15, -0.1) is 5.10 Å². The SMILES string of the molecule is COc1cc(Nc2ccnc(N[C@@H](C)c3ccc(F)cn3)n2)[nH]n1.